The van der Waals surface area contributed by atoms with Gasteiger partial charge in [0.15, 0.2) is 0 Å². The van der Waals surface area contributed by atoms with Crippen molar-refractivity contribution in [3.8, 4) is 0 Å². The number of fused-ring (bicyclic) bond motifs is 2. The molecule has 90 valence electrons. The average Bonchev–Trinajstić information content (AvgIpc) is 2.88. The Bertz CT molecular complexity index is 282. The Hall–Kier alpha value is -0.940. The van der Waals surface area contributed by atoms with Crippen LogP contribution in [0.3, 0.4) is 0 Å². The third-order valence-corrected chi connectivity index (χ3v) is 3.59. The lowest BCUT2D eigenvalue weighted by Gasteiger charge is -2.32. The molecule has 16 heavy (non-hydrogen) atoms. The van der Waals surface area contributed by atoms with E-state index < -0.39 is 0 Å². The SMILES string of the molecule is COCNCC(=O)N1C2CCC(C2)C1C=O. The Morgan fingerprint density at radius 1 is 1.56 bits per heavy atom. The van der Waals surface area contributed by atoms with Crippen LogP contribution in [0.4, 0.5) is 0 Å². The van der Waals surface area contributed by atoms with Gasteiger partial charge in [-0.15, -0.1) is 0 Å². The number of nitrogens with one attached hydrogen (secondary N) is 1. The van der Waals surface area contributed by atoms with Crippen molar-refractivity contribution in [1.82, 2.24) is 10.2 Å². The van der Waals surface area contributed by atoms with Gasteiger partial charge in [-0.1, -0.05) is 0 Å². The highest BCUT2D eigenvalue weighted by molar-refractivity contribution is 5.83. The molecule has 2 fully saturated rings. The number of rotatable bonds is 5. The van der Waals surface area contributed by atoms with Gasteiger partial charge in [-0.05, 0) is 25.2 Å². The number of hydrogen-bond acceptors (Lipinski definition) is 4. The highest BCUT2D eigenvalue weighted by atomic mass is 16.5. The molecule has 1 aliphatic carbocycles. The summed E-state index contributed by atoms with van der Waals surface area (Å²) in [6.45, 7) is 0.612. The minimum atomic E-state index is -0.185. The Morgan fingerprint density at radius 2 is 2.38 bits per heavy atom. The lowest BCUT2D eigenvalue weighted by atomic mass is 10.00. The number of ether oxygens (including phenoxy) is 1. The van der Waals surface area contributed by atoms with Gasteiger partial charge < -0.3 is 14.4 Å². The van der Waals surface area contributed by atoms with Crippen molar-refractivity contribution in [3.05, 3.63) is 0 Å². The molecule has 5 heteroatoms. The van der Waals surface area contributed by atoms with Crippen LogP contribution in [-0.2, 0) is 14.3 Å². The summed E-state index contributed by atoms with van der Waals surface area (Å²) in [4.78, 5) is 24.7. The van der Waals surface area contributed by atoms with Crippen LogP contribution >= 0.6 is 0 Å². The van der Waals surface area contributed by atoms with Crippen LogP contribution in [0.2, 0.25) is 0 Å². The quantitative estimate of drug-likeness (QED) is 0.399. The Kier molecular flexibility index (Phi) is 3.56. The zero-order chi connectivity index (χ0) is 11.5. The van der Waals surface area contributed by atoms with E-state index in [1.165, 1.54) is 0 Å². The summed E-state index contributed by atoms with van der Waals surface area (Å²) in [5.74, 6) is 0.412. The Labute approximate surface area is 95.1 Å². The Morgan fingerprint density at radius 3 is 3.06 bits per heavy atom. The molecule has 2 rings (SSSR count). The maximum atomic E-state index is 11.9. The summed E-state index contributed by atoms with van der Waals surface area (Å²) >= 11 is 0. The summed E-state index contributed by atoms with van der Waals surface area (Å²) in [6, 6.07) is 0.104. The average molecular weight is 226 g/mol. The van der Waals surface area contributed by atoms with E-state index >= 15 is 0 Å². The van der Waals surface area contributed by atoms with E-state index in [2.05, 4.69) is 5.32 Å². The highest BCUT2D eigenvalue weighted by Gasteiger charge is 2.47. The monoisotopic (exact) mass is 226 g/mol. The molecule has 1 saturated heterocycles. The summed E-state index contributed by atoms with van der Waals surface area (Å²) in [7, 11) is 1.57. The van der Waals surface area contributed by atoms with Crippen LogP contribution < -0.4 is 5.32 Å². The summed E-state index contributed by atoms with van der Waals surface area (Å²) < 4.78 is 4.82. The lowest BCUT2D eigenvalue weighted by molar-refractivity contribution is -0.137. The maximum Gasteiger partial charge on any atom is 0.237 e. The molecule has 1 N–H and O–H groups in total. The summed E-state index contributed by atoms with van der Waals surface area (Å²) in [5.41, 5.74) is 0. The first-order chi connectivity index (χ1) is 7.77. The molecule has 0 aromatic heterocycles. The molecule has 2 aliphatic rings. The predicted molar refractivity (Wildman–Crippen MR) is 57.7 cm³/mol. The van der Waals surface area contributed by atoms with Gasteiger partial charge >= 0.3 is 0 Å². The number of hydrogen-bond donors (Lipinski definition) is 1. The molecule has 3 atom stereocenters. The van der Waals surface area contributed by atoms with E-state index in [0.717, 1.165) is 25.5 Å². The zero-order valence-electron chi connectivity index (χ0n) is 9.52. The van der Waals surface area contributed by atoms with Crippen LogP contribution in [0, 0.1) is 5.92 Å². The van der Waals surface area contributed by atoms with E-state index in [9.17, 15) is 9.59 Å². The maximum absolute atomic E-state index is 11.9. The molecular weight excluding hydrogens is 208 g/mol. The highest BCUT2D eigenvalue weighted by Crippen LogP contribution is 2.41. The van der Waals surface area contributed by atoms with Gasteiger partial charge in [-0.3, -0.25) is 10.1 Å². The smallest absolute Gasteiger partial charge is 0.237 e. The van der Waals surface area contributed by atoms with Crippen molar-refractivity contribution < 1.29 is 14.3 Å². The molecule has 0 radical (unpaired) electrons. The first-order valence-electron chi connectivity index (χ1n) is 5.74. The minimum absolute atomic E-state index is 0.0151. The van der Waals surface area contributed by atoms with Gasteiger partial charge in [-0.2, -0.15) is 0 Å². The fourth-order valence-electron chi connectivity index (χ4n) is 2.92. The largest absolute Gasteiger partial charge is 0.370 e. The van der Waals surface area contributed by atoms with Crippen LogP contribution in [0.1, 0.15) is 19.3 Å². The second-order valence-electron chi connectivity index (χ2n) is 4.51. The van der Waals surface area contributed by atoms with E-state index in [0.29, 0.717) is 12.6 Å². The van der Waals surface area contributed by atoms with E-state index in [-0.39, 0.29) is 24.5 Å². The van der Waals surface area contributed by atoms with Crippen molar-refractivity contribution in [3.63, 3.8) is 0 Å². The van der Waals surface area contributed by atoms with Crippen LogP contribution in [0.15, 0.2) is 0 Å². The molecule has 1 heterocycles. The lowest BCUT2D eigenvalue weighted by Crippen LogP contribution is -2.49. The van der Waals surface area contributed by atoms with Crippen LogP contribution in [0.5, 0.6) is 0 Å². The van der Waals surface area contributed by atoms with E-state index in [1.54, 1.807) is 12.0 Å². The fraction of sp³-hybridized carbons (Fsp3) is 0.818. The topological polar surface area (TPSA) is 58.6 Å². The normalized spacial score (nSPS) is 32.1. The number of aldehydes is 1. The van der Waals surface area contributed by atoms with Gasteiger partial charge in [0.05, 0.1) is 19.3 Å². The standard InChI is InChI=1S/C11H18N2O3/c1-16-7-12-5-11(15)13-9-3-2-8(4-9)10(13)6-14/h6,8-10,12H,2-5,7H2,1H3. The van der Waals surface area contributed by atoms with Crippen molar-refractivity contribution in [2.75, 3.05) is 20.4 Å². The molecule has 1 saturated carbocycles. The van der Waals surface area contributed by atoms with Crippen LogP contribution in [0.25, 0.3) is 0 Å². The second-order valence-corrected chi connectivity index (χ2v) is 4.51. The van der Waals surface area contributed by atoms with Gasteiger partial charge in [-0.25, -0.2) is 0 Å². The molecule has 2 bridgehead atoms. The van der Waals surface area contributed by atoms with Gasteiger partial charge in [0.25, 0.3) is 0 Å². The number of methoxy groups -OCH3 is 1. The molecule has 3 unspecified atom stereocenters. The van der Waals surface area contributed by atoms with Gasteiger partial charge in [0, 0.05) is 13.2 Å². The second kappa shape index (κ2) is 4.93. The van der Waals surface area contributed by atoms with Crippen molar-refractivity contribution in [2.24, 2.45) is 5.92 Å². The number of likely N-dealkylation sites (tertiary alicyclic amines) is 1. The first-order valence-corrected chi connectivity index (χ1v) is 5.74. The zero-order valence-corrected chi connectivity index (χ0v) is 9.52. The van der Waals surface area contributed by atoms with Gasteiger partial charge in [0.2, 0.25) is 5.91 Å². The van der Waals surface area contributed by atoms with Crippen molar-refractivity contribution in [1.29, 1.82) is 0 Å². The molecule has 0 aromatic rings. The summed E-state index contributed by atoms with van der Waals surface area (Å²) in [5, 5.41) is 2.89. The molecule has 5 nitrogen and oxygen atoms in total. The molecule has 0 spiro atoms. The number of carbonyl (C=O) groups excluding carboxylic acids is 2. The number of piperidine rings is 1. The molecule has 1 amide bonds. The number of amides is 1. The third kappa shape index (κ3) is 1.97. The van der Waals surface area contributed by atoms with Crippen molar-refractivity contribution in [2.45, 2.75) is 31.3 Å². The van der Waals surface area contributed by atoms with E-state index in [1.807, 2.05) is 0 Å². The van der Waals surface area contributed by atoms with Gasteiger partial charge in [0.1, 0.15) is 6.29 Å². The van der Waals surface area contributed by atoms with Crippen molar-refractivity contribution >= 4 is 12.2 Å². The molecule has 0 aromatic carbocycles. The summed E-state index contributed by atoms with van der Waals surface area (Å²) in [6.07, 6.45) is 4.06. The predicted octanol–water partition coefficient (Wildman–Crippen LogP) is -0.242. The minimum Gasteiger partial charge on any atom is -0.370 e. The van der Waals surface area contributed by atoms with E-state index in [4.69, 9.17) is 4.74 Å². The fourth-order valence-corrected chi connectivity index (χ4v) is 2.92. The first kappa shape index (κ1) is 11.5. The number of nitrogens with zero attached hydrogens (tertiary/aromatic N) is 1. The number of carbonyl (C=O) groups is 2. The molecular formula is C11H18N2O3. The third-order valence-electron chi connectivity index (χ3n) is 3.59. The molecule has 1 aliphatic heterocycles. The van der Waals surface area contributed by atoms with Crippen LogP contribution in [-0.4, -0.2) is 49.6 Å². The Balaban J connectivity index is 1.92.